The molecule has 0 aromatic heterocycles. The minimum Gasteiger partial charge on any atom is -0.449 e. The number of rotatable bonds is 26. The van der Waals surface area contributed by atoms with Crippen LogP contribution in [0.5, 0.6) is 0 Å². The van der Waals surface area contributed by atoms with Gasteiger partial charge in [0.25, 0.3) is 50.0 Å². The Morgan fingerprint density at radius 2 is 0.862 bits per heavy atom. The molecule has 0 radical (unpaired) electrons. The van der Waals surface area contributed by atoms with Crippen LogP contribution in [0.4, 0.5) is 0 Å². The molecule has 176 valence electrons. The quantitative estimate of drug-likeness (QED) is 0.109. The zero-order valence-corrected chi connectivity index (χ0v) is 29.8. The zero-order chi connectivity index (χ0) is 21.1. The maximum atomic E-state index is 5.77. The molecule has 0 heterocycles. The average Bonchev–Trinajstić information content (AvgIpc) is 2.74. The highest BCUT2D eigenvalue weighted by molar-refractivity contribution is 6.48. The molecule has 13 heteroatoms. The van der Waals surface area contributed by atoms with Crippen LogP contribution in [0.3, 0.4) is 0 Å². The van der Waals surface area contributed by atoms with Crippen LogP contribution in [0.25, 0.3) is 0 Å². The van der Waals surface area contributed by atoms with Gasteiger partial charge in [0, 0.05) is 0 Å². The summed E-state index contributed by atoms with van der Waals surface area (Å²) in [6.07, 6.45) is 20.0. The molecule has 29 heavy (non-hydrogen) atoms. The molecule has 0 spiro atoms. The summed E-state index contributed by atoms with van der Waals surface area (Å²) in [5, 5.41) is 0. The van der Waals surface area contributed by atoms with Crippen molar-refractivity contribution in [2.45, 2.75) is 103 Å². The highest BCUT2D eigenvalue weighted by Gasteiger charge is 1.97. The van der Waals surface area contributed by atoms with E-state index in [1.807, 2.05) is 0 Å². The maximum absolute atomic E-state index is 5.77. The van der Waals surface area contributed by atoms with Gasteiger partial charge in [-0.25, -0.2) is 0 Å². The van der Waals surface area contributed by atoms with Gasteiger partial charge in [0.1, 0.15) is 20.2 Å². The van der Waals surface area contributed by atoms with Gasteiger partial charge in [-0.2, -0.15) is 0 Å². The molecule has 0 N–H and O–H groups in total. The summed E-state index contributed by atoms with van der Waals surface area (Å²) >= 11 is 0. The van der Waals surface area contributed by atoms with E-state index in [1.54, 1.807) is 0 Å². The van der Waals surface area contributed by atoms with Crippen LogP contribution in [0, 0.1) is 0 Å². The van der Waals surface area contributed by atoms with E-state index in [2.05, 4.69) is 6.92 Å². The molecule has 0 saturated carbocycles. The lowest BCUT2D eigenvalue weighted by Crippen LogP contribution is -2.19. The predicted molar refractivity (Wildman–Crippen MR) is 143 cm³/mol. The first-order valence-electron chi connectivity index (χ1n) is 11.8. The molecular formula is C16H48O6Si7. The Morgan fingerprint density at radius 1 is 0.483 bits per heavy atom. The molecule has 0 rings (SSSR count). The van der Waals surface area contributed by atoms with Crippen LogP contribution in [0.1, 0.15) is 96.8 Å². The second kappa shape index (κ2) is 29.3. The first-order valence-corrected chi connectivity index (χ1v) is 20.0. The fourth-order valence-electron chi connectivity index (χ4n) is 3.09. The van der Waals surface area contributed by atoms with Gasteiger partial charge in [-0.05, 0) is 6.04 Å². The summed E-state index contributed by atoms with van der Waals surface area (Å²) in [5.41, 5.74) is 0. The van der Waals surface area contributed by atoms with Crippen molar-refractivity contribution in [3.8, 4) is 0 Å². The van der Waals surface area contributed by atoms with Gasteiger partial charge in [0.05, 0.1) is 0 Å². The van der Waals surface area contributed by atoms with E-state index >= 15 is 0 Å². The highest BCUT2D eigenvalue weighted by Crippen LogP contribution is 2.13. The van der Waals surface area contributed by atoms with Crippen molar-refractivity contribution in [3.63, 3.8) is 0 Å². The molecule has 0 amide bonds. The molecule has 0 aromatic carbocycles. The monoisotopic (exact) mass is 532 g/mol. The molecule has 0 saturated heterocycles. The normalized spacial score (nSPS) is 14.0. The van der Waals surface area contributed by atoms with Crippen molar-refractivity contribution >= 4 is 70.3 Å². The van der Waals surface area contributed by atoms with E-state index < -0.39 is 50.0 Å². The minimum absolute atomic E-state index is 0.340. The van der Waals surface area contributed by atoms with Crippen LogP contribution >= 0.6 is 0 Å². The molecule has 0 atom stereocenters. The molecular weight excluding hydrogens is 485 g/mol. The van der Waals surface area contributed by atoms with Gasteiger partial charge < -0.3 is 24.7 Å². The van der Waals surface area contributed by atoms with Crippen LogP contribution in [0.15, 0.2) is 0 Å². The van der Waals surface area contributed by atoms with E-state index in [0.717, 1.165) is 10.5 Å². The molecule has 0 aromatic rings. The third kappa shape index (κ3) is 29.3. The molecule has 6 nitrogen and oxygen atoms in total. The van der Waals surface area contributed by atoms with E-state index in [0.29, 0.717) is 0 Å². The largest absolute Gasteiger partial charge is 0.449 e. The van der Waals surface area contributed by atoms with E-state index in [-0.39, 0.29) is 9.76 Å². The molecule has 0 aliphatic heterocycles. The summed E-state index contributed by atoms with van der Waals surface area (Å²) in [4.78, 5) is 0. The predicted octanol–water partition coefficient (Wildman–Crippen LogP) is -0.656. The first kappa shape index (κ1) is 30.3. The van der Waals surface area contributed by atoms with Crippen LogP contribution in [-0.4, -0.2) is 70.3 Å². The third-order valence-corrected chi connectivity index (χ3v) is 13.6. The molecule has 0 aliphatic carbocycles. The molecule has 0 bridgehead atoms. The lowest BCUT2D eigenvalue weighted by Gasteiger charge is -2.07. The van der Waals surface area contributed by atoms with E-state index in [9.17, 15) is 0 Å². The Balaban J connectivity index is 2.97. The molecule has 0 fully saturated rings. The Hall–Kier alpha value is 1.28. The summed E-state index contributed by atoms with van der Waals surface area (Å²) in [7, 11) is -3.57. The second-order valence-corrected chi connectivity index (χ2v) is 20.3. The van der Waals surface area contributed by atoms with Gasteiger partial charge in [0.2, 0.25) is 0 Å². The van der Waals surface area contributed by atoms with Crippen molar-refractivity contribution in [2.24, 2.45) is 0 Å². The first-order chi connectivity index (χ1) is 14.4. The number of unbranched alkanes of at least 4 members (excludes halogenated alkanes) is 13. The Labute approximate surface area is 197 Å². The van der Waals surface area contributed by atoms with E-state index in [1.165, 1.54) is 95.9 Å². The SMILES string of the molecule is CCCCCCCCCCCCCCCC[SiH2]O[SiH2]O[SiH2]O[SiH2]O[SiH2]O[SiH2]O[SiH3]. The van der Waals surface area contributed by atoms with Gasteiger partial charge in [-0.3, -0.25) is 0 Å². The third-order valence-electron chi connectivity index (χ3n) is 4.76. The van der Waals surface area contributed by atoms with Crippen LogP contribution in [-0.2, 0) is 24.7 Å². The van der Waals surface area contributed by atoms with Crippen LogP contribution < -0.4 is 0 Å². The highest BCUT2D eigenvalue weighted by atomic mass is 28.4. The Kier molecular flexibility index (Phi) is 30.6. The topological polar surface area (TPSA) is 55.4 Å². The van der Waals surface area contributed by atoms with Crippen LogP contribution in [0.2, 0.25) is 6.04 Å². The van der Waals surface area contributed by atoms with Crippen molar-refractivity contribution in [1.29, 1.82) is 0 Å². The zero-order valence-electron chi connectivity index (χ0n) is 19.3. The lowest BCUT2D eigenvalue weighted by molar-refractivity contribution is 0.379. The fourth-order valence-corrected chi connectivity index (χ4v) is 14.3. The van der Waals surface area contributed by atoms with Crippen molar-refractivity contribution < 1.29 is 24.7 Å². The van der Waals surface area contributed by atoms with Gasteiger partial charge in [-0.1, -0.05) is 96.8 Å². The molecule has 0 unspecified atom stereocenters. The summed E-state index contributed by atoms with van der Waals surface area (Å²) in [6.45, 7) is 2.29. The minimum atomic E-state index is -0.856. The van der Waals surface area contributed by atoms with Gasteiger partial charge >= 0.3 is 0 Å². The number of hydrogen-bond acceptors (Lipinski definition) is 6. The maximum Gasteiger partial charge on any atom is 0.286 e. The van der Waals surface area contributed by atoms with Gasteiger partial charge in [0.15, 0.2) is 0 Å². The lowest BCUT2D eigenvalue weighted by atomic mass is 10.0. The summed E-state index contributed by atoms with van der Waals surface area (Å²) in [5.74, 6) is 0. The fraction of sp³-hybridized carbons (Fsp3) is 1.00. The Bertz CT molecular complexity index is 272. The smallest absolute Gasteiger partial charge is 0.286 e. The number of hydrogen-bond donors (Lipinski definition) is 0. The Morgan fingerprint density at radius 3 is 1.31 bits per heavy atom. The average molecular weight is 533 g/mol. The second-order valence-electron chi connectivity index (χ2n) is 7.55. The van der Waals surface area contributed by atoms with Gasteiger partial charge in [-0.15, -0.1) is 0 Å². The summed E-state index contributed by atoms with van der Waals surface area (Å²) < 4.78 is 32.6. The molecule has 0 aliphatic rings. The van der Waals surface area contributed by atoms with Crippen molar-refractivity contribution in [3.05, 3.63) is 0 Å². The van der Waals surface area contributed by atoms with Crippen molar-refractivity contribution in [1.82, 2.24) is 0 Å². The van der Waals surface area contributed by atoms with Crippen molar-refractivity contribution in [2.75, 3.05) is 0 Å². The summed E-state index contributed by atoms with van der Waals surface area (Å²) in [6, 6.07) is 1.31. The van der Waals surface area contributed by atoms with E-state index in [4.69, 9.17) is 24.7 Å². The standard InChI is InChI=1S/C16H48O6Si7/c1-2-3-4-5-6-7-8-9-10-11-12-13-14-15-16-24-18-26-20-28-22-29-21-27-19-25-17-23/h2-16,24-29H2,1,23H3.